The summed E-state index contributed by atoms with van der Waals surface area (Å²) >= 11 is 1.48. The Morgan fingerprint density at radius 2 is 2.25 bits per heavy atom. The largest absolute Gasteiger partial charge is 0.231 e. The minimum atomic E-state index is -0.488. The third kappa shape index (κ3) is 1.11. The Hall–Kier alpha value is -0.930. The molecule has 0 amide bonds. The van der Waals surface area contributed by atoms with E-state index >= 15 is 0 Å². The molecule has 0 aliphatic rings. The maximum Gasteiger partial charge on any atom is 0.130 e. The fraction of sp³-hybridized carbons (Fsp3) is 0.111. The second-order valence-corrected chi connectivity index (χ2v) is 3.49. The van der Waals surface area contributed by atoms with E-state index < -0.39 is 6.61 Å². The Balaban J connectivity index is 2.73. The summed E-state index contributed by atoms with van der Waals surface area (Å²) in [5.74, 6) is -0.389. The molecule has 61 valence electrons. The lowest BCUT2D eigenvalue weighted by Gasteiger charge is -1.96. The van der Waals surface area contributed by atoms with Crippen LogP contribution in [0.25, 0.3) is 10.1 Å². The molecule has 0 N–H and O–H groups in total. The number of hydrogen-bond donors (Lipinski definition) is 0. The molecule has 0 unspecified atom stereocenters. The molecule has 1 nitrogen and oxygen atoms in total. The molecule has 1 aromatic carbocycles. The zero-order valence-electron chi connectivity index (χ0n) is 6.21. The normalized spacial score (nSPS) is 10.8. The Labute approximate surface area is 73.1 Å². The fourth-order valence-corrected chi connectivity index (χ4v) is 1.94. The number of halogens is 1. The quantitative estimate of drug-likeness (QED) is 0.644. The highest BCUT2D eigenvalue weighted by Crippen LogP contribution is 2.24. The van der Waals surface area contributed by atoms with Crippen molar-refractivity contribution in [3.63, 3.8) is 0 Å². The van der Waals surface area contributed by atoms with Crippen LogP contribution in [0.2, 0.25) is 0 Å². The monoisotopic (exact) mass is 181 g/mol. The summed E-state index contributed by atoms with van der Waals surface area (Å²) in [6.07, 6.45) is 0. The third-order valence-electron chi connectivity index (χ3n) is 1.78. The molecule has 0 saturated heterocycles. The van der Waals surface area contributed by atoms with Gasteiger partial charge in [-0.3, -0.25) is 0 Å². The molecular formula is C9H6FOS. The first-order valence-electron chi connectivity index (χ1n) is 3.55. The van der Waals surface area contributed by atoms with E-state index in [0.717, 1.165) is 10.1 Å². The van der Waals surface area contributed by atoms with Crippen molar-refractivity contribution < 1.29 is 9.50 Å². The fourth-order valence-electron chi connectivity index (χ4n) is 1.14. The lowest BCUT2D eigenvalue weighted by molar-refractivity contribution is 0.174. The number of benzene rings is 1. The summed E-state index contributed by atoms with van der Waals surface area (Å²) in [5.41, 5.74) is 0.251. The zero-order valence-corrected chi connectivity index (χ0v) is 7.03. The van der Waals surface area contributed by atoms with Crippen LogP contribution < -0.4 is 0 Å². The number of thiophene rings is 1. The van der Waals surface area contributed by atoms with E-state index in [-0.39, 0.29) is 11.4 Å². The van der Waals surface area contributed by atoms with Crippen molar-refractivity contribution in [1.29, 1.82) is 0 Å². The molecule has 1 aromatic heterocycles. The van der Waals surface area contributed by atoms with Crippen LogP contribution in [0.4, 0.5) is 4.39 Å². The highest BCUT2D eigenvalue weighted by molar-refractivity contribution is 7.17. The van der Waals surface area contributed by atoms with Crippen LogP contribution in [0.5, 0.6) is 0 Å². The second kappa shape index (κ2) is 2.84. The average molecular weight is 181 g/mol. The van der Waals surface area contributed by atoms with Crippen molar-refractivity contribution in [2.24, 2.45) is 0 Å². The van der Waals surface area contributed by atoms with Crippen molar-refractivity contribution in [2.75, 3.05) is 0 Å². The SMILES string of the molecule is [O]Cc1cc2ccsc2cc1F. The summed E-state index contributed by atoms with van der Waals surface area (Å²) in [4.78, 5) is 0. The second-order valence-electron chi connectivity index (χ2n) is 2.55. The summed E-state index contributed by atoms with van der Waals surface area (Å²) < 4.78 is 13.9. The first-order valence-corrected chi connectivity index (χ1v) is 4.43. The van der Waals surface area contributed by atoms with Crippen LogP contribution >= 0.6 is 11.3 Å². The Morgan fingerprint density at radius 3 is 3.00 bits per heavy atom. The van der Waals surface area contributed by atoms with Gasteiger partial charge in [-0.05, 0) is 29.0 Å². The zero-order chi connectivity index (χ0) is 8.55. The number of hydrogen-bond acceptors (Lipinski definition) is 1. The van der Waals surface area contributed by atoms with Gasteiger partial charge in [0, 0.05) is 10.3 Å². The molecule has 2 rings (SSSR count). The maximum absolute atomic E-state index is 13.0. The number of rotatable bonds is 1. The van der Waals surface area contributed by atoms with Crippen LogP contribution in [0, 0.1) is 5.82 Å². The molecule has 1 radical (unpaired) electrons. The molecule has 0 aliphatic heterocycles. The molecule has 1 heterocycles. The summed E-state index contributed by atoms with van der Waals surface area (Å²) in [6, 6.07) is 4.93. The Bertz CT molecular complexity index is 408. The number of fused-ring (bicyclic) bond motifs is 1. The molecule has 0 spiro atoms. The van der Waals surface area contributed by atoms with Crippen molar-refractivity contribution in [1.82, 2.24) is 0 Å². The topological polar surface area (TPSA) is 19.9 Å². The summed E-state index contributed by atoms with van der Waals surface area (Å²) in [5, 5.41) is 13.3. The van der Waals surface area contributed by atoms with Gasteiger partial charge in [-0.15, -0.1) is 11.3 Å². The van der Waals surface area contributed by atoms with Gasteiger partial charge in [-0.25, -0.2) is 9.50 Å². The van der Waals surface area contributed by atoms with Crippen molar-refractivity contribution in [2.45, 2.75) is 6.61 Å². The van der Waals surface area contributed by atoms with E-state index in [1.54, 1.807) is 6.07 Å². The molecule has 12 heavy (non-hydrogen) atoms. The molecule has 0 bridgehead atoms. The Morgan fingerprint density at radius 1 is 1.42 bits per heavy atom. The lowest BCUT2D eigenvalue weighted by atomic mass is 10.2. The van der Waals surface area contributed by atoms with Gasteiger partial charge in [-0.2, -0.15) is 0 Å². The van der Waals surface area contributed by atoms with Crippen molar-refractivity contribution in [3.8, 4) is 0 Å². The van der Waals surface area contributed by atoms with E-state index in [1.807, 2.05) is 11.4 Å². The minimum absolute atomic E-state index is 0.251. The molecular weight excluding hydrogens is 175 g/mol. The lowest BCUT2D eigenvalue weighted by Crippen LogP contribution is -1.86. The molecule has 0 fully saturated rings. The van der Waals surface area contributed by atoms with Crippen molar-refractivity contribution >= 4 is 21.4 Å². The third-order valence-corrected chi connectivity index (χ3v) is 2.66. The predicted molar refractivity (Wildman–Crippen MR) is 46.2 cm³/mol. The smallest absolute Gasteiger partial charge is 0.130 e. The first kappa shape index (κ1) is 7.71. The van der Waals surface area contributed by atoms with E-state index in [1.165, 1.54) is 17.4 Å². The standard InChI is InChI=1S/C9H6FOS/c10-8-4-9-6(1-2-12-9)3-7(8)5-11/h1-4H,5H2. The molecule has 0 aliphatic carbocycles. The van der Waals surface area contributed by atoms with Gasteiger partial charge < -0.3 is 0 Å². The minimum Gasteiger partial charge on any atom is -0.231 e. The van der Waals surface area contributed by atoms with Crippen LogP contribution in [-0.4, -0.2) is 0 Å². The van der Waals surface area contributed by atoms with Gasteiger partial charge in [0.05, 0.1) is 0 Å². The van der Waals surface area contributed by atoms with Crippen LogP contribution in [0.3, 0.4) is 0 Å². The van der Waals surface area contributed by atoms with E-state index in [0.29, 0.717) is 0 Å². The van der Waals surface area contributed by atoms with Crippen LogP contribution in [-0.2, 0) is 11.7 Å². The van der Waals surface area contributed by atoms with Gasteiger partial charge in [0.1, 0.15) is 12.4 Å². The van der Waals surface area contributed by atoms with Gasteiger partial charge in [0.25, 0.3) is 0 Å². The summed E-state index contributed by atoms with van der Waals surface area (Å²) in [6.45, 7) is -0.488. The highest BCUT2D eigenvalue weighted by Gasteiger charge is 2.04. The average Bonchev–Trinajstić information content (AvgIpc) is 2.49. The van der Waals surface area contributed by atoms with Crippen LogP contribution in [0.1, 0.15) is 5.56 Å². The molecule has 2 aromatic rings. The van der Waals surface area contributed by atoms with Crippen LogP contribution in [0.15, 0.2) is 23.6 Å². The first-order chi connectivity index (χ1) is 5.81. The Kier molecular flexibility index (Phi) is 1.83. The van der Waals surface area contributed by atoms with E-state index in [2.05, 4.69) is 0 Å². The molecule has 3 heteroatoms. The molecule has 0 saturated carbocycles. The van der Waals surface area contributed by atoms with Crippen molar-refractivity contribution in [3.05, 3.63) is 35.0 Å². The highest BCUT2D eigenvalue weighted by atomic mass is 32.1. The van der Waals surface area contributed by atoms with Gasteiger partial charge in [-0.1, -0.05) is 0 Å². The summed E-state index contributed by atoms with van der Waals surface area (Å²) in [7, 11) is 0. The maximum atomic E-state index is 13.0. The molecule has 0 atom stereocenters. The van der Waals surface area contributed by atoms with E-state index in [4.69, 9.17) is 0 Å². The van der Waals surface area contributed by atoms with Gasteiger partial charge in [0.2, 0.25) is 0 Å². The predicted octanol–water partition coefficient (Wildman–Crippen LogP) is 2.97. The van der Waals surface area contributed by atoms with Gasteiger partial charge in [0.15, 0.2) is 0 Å². The van der Waals surface area contributed by atoms with Gasteiger partial charge >= 0.3 is 0 Å². The van der Waals surface area contributed by atoms with E-state index in [9.17, 15) is 9.50 Å².